The summed E-state index contributed by atoms with van der Waals surface area (Å²) in [6.07, 6.45) is 4.29. The number of amides is 1. The van der Waals surface area contributed by atoms with Gasteiger partial charge in [0.05, 0.1) is 12.2 Å². The zero-order chi connectivity index (χ0) is 16.4. The molecule has 1 fully saturated rings. The Morgan fingerprint density at radius 1 is 1.30 bits per heavy atom. The predicted molar refractivity (Wildman–Crippen MR) is 95.7 cm³/mol. The average molecular weight is 349 g/mol. The van der Waals surface area contributed by atoms with Crippen molar-refractivity contribution in [1.29, 1.82) is 0 Å². The van der Waals surface area contributed by atoms with Gasteiger partial charge in [-0.2, -0.15) is 0 Å². The maximum absolute atomic E-state index is 12.4. The lowest BCUT2D eigenvalue weighted by atomic mass is 9.88. The Morgan fingerprint density at radius 3 is 2.61 bits per heavy atom. The number of carbonyl (C=O) groups is 1. The standard InChI is InChI=1S/C18H21ClN2OS/c1-12-16(13-5-7-14(19)8-6-13)21-15(23-12)11-20-17(22)18(2)9-3-4-10-18/h5-8H,3-4,9-11H2,1-2H3,(H,20,22). The first-order valence-electron chi connectivity index (χ1n) is 7.98. The van der Waals surface area contributed by atoms with E-state index < -0.39 is 0 Å². The Labute approximate surface area is 146 Å². The Kier molecular flexibility index (Phi) is 4.74. The second-order valence-corrected chi connectivity index (χ2v) is 8.19. The van der Waals surface area contributed by atoms with Crippen molar-refractivity contribution in [3.05, 3.63) is 39.2 Å². The van der Waals surface area contributed by atoms with E-state index in [-0.39, 0.29) is 11.3 Å². The van der Waals surface area contributed by atoms with Gasteiger partial charge in [0.1, 0.15) is 5.01 Å². The number of carbonyl (C=O) groups excluding carboxylic acids is 1. The number of benzene rings is 1. The third-order valence-electron chi connectivity index (χ3n) is 4.61. The molecule has 0 radical (unpaired) electrons. The molecule has 122 valence electrons. The summed E-state index contributed by atoms with van der Waals surface area (Å²) in [6.45, 7) is 4.64. The molecular weight excluding hydrogens is 328 g/mol. The molecule has 1 aromatic carbocycles. The van der Waals surface area contributed by atoms with Crippen LogP contribution in [-0.2, 0) is 11.3 Å². The Balaban J connectivity index is 1.69. The van der Waals surface area contributed by atoms with Crippen molar-refractivity contribution in [2.45, 2.75) is 46.1 Å². The highest BCUT2D eigenvalue weighted by Gasteiger charge is 2.35. The molecule has 1 aromatic heterocycles. The maximum atomic E-state index is 12.4. The average Bonchev–Trinajstić information content (AvgIpc) is 3.13. The fraction of sp³-hybridized carbons (Fsp3) is 0.444. The van der Waals surface area contributed by atoms with E-state index in [2.05, 4.69) is 19.2 Å². The highest BCUT2D eigenvalue weighted by atomic mass is 35.5. The van der Waals surface area contributed by atoms with Gasteiger partial charge < -0.3 is 5.32 Å². The molecule has 5 heteroatoms. The van der Waals surface area contributed by atoms with Crippen LogP contribution in [0.2, 0.25) is 5.02 Å². The number of nitrogens with one attached hydrogen (secondary N) is 1. The Morgan fingerprint density at radius 2 is 1.96 bits per heavy atom. The minimum atomic E-state index is -0.189. The predicted octanol–water partition coefficient (Wildman–Crippen LogP) is 4.97. The van der Waals surface area contributed by atoms with Crippen molar-refractivity contribution < 1.29 is 4.79 Å². The first-order valence-corrected chi connectivity index (χ1v) is 9.18. The zero-order valence-corrected chi connectivity index (χ0v) is 15.1. The molecule has 1 aliphatic carbocycles. The van der Waals surface area contributed by atoms with Crippen molar-refractivity contribution in [2.24, 2.45) is 5.41 Å². The van der Waals surface area contributed by atoms with Gasteiger partial charge >= 0.3 is 0 Å². The van der Waals surface area contributed by atoms with E-state index in [9.17, 15) is 4.79 Å². The molecule has 3 rings (SSSR count). The second-order valence-electron chi connectivity index (χ2n) is 6.47. The van der Waals surface area contributed by atoms with Crippen LogP contribution < -0.4 is 5.32 Å². The number of rotatable bonds is 4. The van der Waals surface area contributed by atoms with Gasteiger partial charge in [0.15, 0.2) is 0 Å². The molecule has 0 bridgehead atoms. The quantitative estimate of drug-likeness (QED) is 0.847. The topological polar surface area (TPSA) is 42.0 Å². The van der Waals surface area contributed by atoms with Crippen LogP contribution in [0.15, 0.2) is 24.3 Å². The fourth-order valence-corrected chi connectivity index (χ4v) is 4.18. The van der Waals surface area contributed by atoms with Gasteiger partial charge in [-0.25, -0.2) is 4.98 Å². The van der Waals surface area contributed by atoms with Crippen LogP contribution in [0.3, 0.4) is 0 Å². The molecule has 1 heterocycles. The second kappa shape index (κ2) is 6.62. The first kappa shape index (κ1) is 16.5. The first-order chi connectivity index (χ1) is 11.0. The normalized spacial score (nSPS) is 16.5. The van der Waals surface area contributed by atoms with Crippen LogP contribution in [0, 0.1) is 12.3 Å². The molecule has 3 nitrogen and oxygen atoms in total. The van der Waals surface area contributed by atoms with Crippen molar-refractivity contribution in [3.8, 4) is 11.3 Å². The number of aromatic nitrogens is 1. The lowest BCUT2D eigenvalue weighted by molar-refractivity contribution is -0.130. The van der Waals surface area contributed by atoms with Gasteiger partial charge in [-0.15, -0.1) is 11.3 Å². The number of thiazole rings is 1. The zero-order valence-electron chi connectivity index (χ0n) is 13.5. The highest BCUT2D eigenvalue weighted by Crippen LogP contribution is 2.37. The third-order valence-corrected chi connectivity index (χ3v) is 5.84. The molecule has 23 heavy (non-hydrogen) atoms. The minimum absolute atomic E-state index is 0.163. The van der Waals surface area contributed by atoms with E-state index in [1.807, 2.05) is 24.3 Å². The summed E-state index contributed by atoms with van der Waals surface area (Å²) in [5, 5.41) is 4.74. The summed E-state index contributed by atoms with van der Waals surface area (Å²) in [4.78, 5) is 18.2. The van der Waals surface area contributed by atoms with Crippen LogP contribution in [0.4, 0.5) is 0 Å². The summed E-state index contributed by atoms with van der Waals surface area (Å²) >= 11 is 7.58. The van der Waals surface area contributed by atoms with Gasteiger partial charge in [0.25, 0.3) is 0 Å². The van der Waals surface area contributed by atoms with Gasteiger partial charge in [-0.05, 0) is 31.9 Å². The molecule has 0 saturated heterocycles. The number of halogens is 1. The van der Waals surface area contributed by atoms with Gasteiger partial charge in [0.2, 0.25) is 5.91 Å². The summed E-state index contributed by atoms with van der Waals surface area (Å²) in [7, 11) is 0. The summed E-state index contributed by atoms with van der Waals surface area (Å²) in [5.74, 6) is 0.163. The van der Waals surface area contributed by atoms with Crippen molar-refractivity contribution >= 4 is 28.8 Å². The molecule has 1 N–H and O–H groups in total. The van der Waals surface area contributed by atoms with E-state index in [0.29, 0.717) is 6.54 Å². The van der Waals surface area contributed by atoms with Crippen LogP contribution >= 0.6 is 22.9 Å². The van der Waals surface area contributed by atoms with Crippen LogP contribution in [-0.4, -0.2) is 10.9 Å². The molecule has 2 aromatic rings. The number of aryl methyl sites for hydroxylation is 1. The van der Waals surface area contributed by atoms with Crippen LogP contribution in [0.1, 0.15) is 42.5 Å². The summed E-state index contributed by atoms with van der Waals surface area (Å²) in [6, 6.07) is 7.70. The van der Waals surface area contributed by atoms with E-state index in [1.54, 1.807) is 11.3 Å². The van der Waals surface area contributed by atoms with E-state index >= 15 is 0 Å². The molecule has 1 saturated carbocycles. The Hall–Kier alpha value is -1.39. The van der Waals surface area contributed by atoms with Gasteiger partial charge in [0, 0.05) is 20.9 Å². The molecule has 0 atom stereocenters. The lowest BCUT2D eigenvalue weighted by Crippen LogP contribution is -2.36. The van der Waals surface area contributed by atoms with Gasteiger partial charge in [-0.1, -0.05) is 43.5 Å². The molecule has 0 spiro atoms. The van der Waals surface area contributed by atoms with Crippen LogP contribution in [0.5, 0.6) is 0 Å². The third kappa shape index (κ3) is 3.59. The van der Waals surface area contributed by atoms with Crippen molar-refractivity contribution in [3.63, 3.8) is 0 Å². The molecule has 1 aliphatic rings. The van der Waals surface area contributed by atoms with Gasteiger partial charge in [-0.3, -0.25) is 4.79 Å². The fourth-order valence-electron chi connectivity index (χ4n) is 3.15. The smallest absolute Gasteiger partial charge is 0.226 e. The van der Waals surface area contributed by atoms with E-state index in [4.69, 9.17) is 16.6 Å². The highest BCUT2D eigenvalue weighted by molar-refractivity contribution is 7.12. The molecule has 0 aliphatic heterocycles. The monoisotopic (exact) mass is 348 g/mol. The summed E-state index contributed by atoms with van der Waals surface area (Å²) < 4.78 is 0. The largest absolute Gasteiger partial charge is 0.349 e. The van der Waals surface area contributed by atoms with E-state index in [0.717, 1.165) is 51.8 Å². The maximum Gasteiger partial charge on any atom is 0.226 e. The number of hydrogen-bond acceptors (Lipinski definition) is 3. The SMILES string of the molecule is Cc1sc(CNC(=O)C2(C)CCCC2)nc1-c1ccc(Cl)cc1. The molecule has 1 amide bonds. The minimum Gasteiger partial charge on any atom is -0.349 e. The van der Waals surface area contributed by atoms with Crippen molar-refractivity contribution in [2.75, 3.05) is 0 Å². The lowest BCUT2D eigenvalue weighted by Gasteiger charge is -2.21. The van der Waals surface area contributed by atoms with Crippen LogP contribution in [0.25, 0.3) is 11.3 Å². The molecule has 0 unspecified atom stereocenters. The van der Waals surface area contributed by atoms with Crippen molar-refractivity contribution in [1.82, 2.24) is 10.3 Å². The number of nitrogens with zero attached hydrogens (tertiary/aromatic N) is 1. The number of hydrogen-bond donors (Lipinski definition) is 1. The van der Waals surface area contributed by atoms with E-state index in [1.165, 1.54) is 0 Å². The summed E-state index contributed by atoms with van der Waals surface area (Å²) in [5.41, 5.74) is 1.84. The molecular formula is C18H21ClN2OS. The Bertz CT molecular complexity index is 702.